The van der Waals surface area contributed by atoms with E-state index in [1.807, 2.05) is 0 Å². The fourth-order valence-electron chi connectivity index (χ4n) is 2.50. The second-order valence-electron chi connectivity index (χ2n) is 5.61. The molecule has 7 nitrogen and oxygen atoms in total. The fraction of sp³-hybridized carbons (Fsp3) is 0.750. The third-order valence-electron chi connectivity index (χ3n) is 3.53. The number of hydrogen-bond donors (Lipinski definition) is 3. The highest BCUT2D eigenvalue weighted by Gasteiger charge is 2.30. The largest absolute Gasteiger partial charge is 0.384 e. The van der Waals surface area contributed by atoms with Gasteiger partial charge in [0.25, 0.3) is 0 Å². The van der Waals surface area contributed by atoms with Gasteiger partial charge in [0, 0.05) is 0 Å². The third-order valence-corrected chi connectivity index (χ3v) is 3.53. The molecule has 2 amide bonds. The number of primary amides is 1. The van der Waals surface area contributed by atoms with E-state index < -0.39 is 11.6 Å². The van der Waals surface area contributed by atoms with Crippen molar-refractivity contribution in [2.45, 2.75) is 57.2 Å². The molecule has 1 aliphatic rings. The van der Waals surface area contributed by atoms with Crippen LogP contribution in [0.5, 0.6) is 0 Å². The summed E-state index contributed by atoms with van der Waals surface area (Å²) in [4.78, 5) is 11.0. The zero-order chi connectivity index (χ0) is 14.0. The Balaban J connectivity index is 2.18. The highest BCUT2D eigenvalue weighted by Crippen LogP contribution is 2.29. The van der Waals surface area contributed by atoms with Gasteiger partial charge in [-0.3, -0.25) is 0 Å². The first kappa shape index (κ1) is 13.8. The van der Waals surface area contributed by atoms with Gasteiger partial charge in [-0.1, -0.05) is 18.1 Å². The van der Waals surface area contributed by atoms with Gasteiger partial charge in [0.1, 0.15) is 11.3 Å². The van der Waals surface area contributed by atoms with Crippen LogP contribution in [0.15, 0.2) is 6.20 Å². The molecule has 0 radical (unpaired) electrons. The monoisotopic (exact) mass is 267 g/mol. The number of hydrogen-bond acceptors (Lipinski definition) is 4. The Bertz CT molecular complexity index is 451. The zero-order valence-electron chi connectivity index (χ0n) is 11.3. The summed E-state index contributed by atoms with van der Waals surface area (Å²) in [7, 11) is 0. The van der Waals surface area contributed by atoms with Crippen LogP contribution in [-0.4, -0.2) is 32.2 Å². The number of nitrogens with zero attached hydrogens (tertiary/aromatic N) is 3. The van der Waals surface area contributed by atoms with Crippen LogP contribution in [0, 0.1) is 0 Å². The Morgan fingerprint density at radius 1 is 1.53 bits per heavy atom. The normalized spacial score (nSPS) is 24.2. The maximum absolute atomic E-state index is 11.0. The summed E-state index contributed by atoms with van der Waals surface area (Å²) in [6, 6.07) is -0.493. The minimum absolute atomic E-state index is 0.0254. The lowest BCUT2D eigenvalue weighted by Gasteiger charge is -2.31. The van der Waals surface area contributed by atoms with Crippen LogP contribution in [0.4, 0.5) is 4.79 Å². The van der Waals surface area contributed by atoms with E-state index in [2.05, 4.69) is 15.6 Å². The molecule has 0 aromatic carbocycles. The highest BCUT2D eigenvalue weighted by atomic mass is 16.3. The van der Waals surface area contributed by atoms with Crippen molar-refractivity contribution in [2.75, 3.05) is 0 Å². The van der Waals surface area contributed by atoms with Crippen molar-refractivity contribution in [1.29, 1.82) is 0 Å². The van der Waals surface area contributed by atoms with Gasteiger partial charge < -0.3 is 16.2 Å². The third kappa shape index (κ3) is 3.23. The van der Waals surface area contributed by atoms with Crippen LogP contribution in [0.1, 0.15) is 51.3 Å². The van der Waals surface area contributed by atoms with E-state index in [0.29, 0.717) is 5.69 Å². The molecule has 1 saturated carbocycles. The smallest absolute Gasteiger partial charge is 0.312 e. The Labute approximate surface area is 112 Å². The van der Waals surface area contributed by atoms with Gasteiger partial charge in [0.15, 0.2) is 0 Å². The summed E-state index contributed by atoms with van der Waals surface area (Å²) in [5, 5.41) is 20.7. The SMILES string of the molecule is CC(C)(O)c1cn([C@@H]2CCCC[C@@H]2NC(N)=O)nn1. The van der Waals surface area contributed by atoms with Crippen molar-refractivity contribution < 1.29 is 9.90 Å². The fourth-order valence-corrected chi connectivity index (χ4v) is 2.50. The average molecular weight is 267 g/mol. The van der Waals surface area contributed by atoms with Crippen LogP contribution < -0.4 is 11.1 Å². The van der Waals surface area contributed by atoms with E-state index in [4.69, 9.17) is 5.73 Å². The number of aliphatic hydroxyl groups is 1. The van der Waals surface area contributed by atoms with Gasteiger partial charge >= 0.3 is 6.03 Å². The Kier molecular flexibility index (Phi) is 3.75. The standard InChI is InChI=1S/C12H21N5O2/c1-12(2,19)10-7-17(16-15-10)9-6-4-3-5-8(9)14-11(13)18/h7-9,19H,3-6H2,1-2H3,(H3,13,14,18)/t8-,9+/m0/s1. The molecule has 0 aliphatic heterocycles. The number of aromatic nitrogens is 3. The number of amides is 2. The molecule has 1 aromatic heterocycles. The van der Waals surface area contributed by atoms with Gasteiger partial charge in [-0.05, 0) is 26.7 Å². The van der Waals surface area contributed by atoms with Crippen molar-refractivity contribution in [3.05, 3.63) is 11.9 Å². The summed E-state index contributed by atoms with van der Waals surface area (Å²) < 4.78 is 1.73. The van der Waals surface area contributed by atoms with Gasteiger partial charge in [-0.2, -0.15) is 0 Å². The van der Waals surface area contributed by atoms with Crippen LogP contribution in [0.2, 0.25) is 0 Å². The molecule has 2 atom stereocenters. The molecular formula is C12H21N5O2. The predicted molar refractivity (Wildman–Crippen MR) is 69.3 cm³/mol. The quantitative estimate of drug-likeness (QED) is 0.747. The van der Waals surface area contributed by atoms with E-state index in [1.165, 1.54) is 0 Å². The van der Waals surface area contributed by atoms with Gasteiger partial charge in [-0.25, -0.2) is 9.48 Å². The molecule has 1 aliphatic carbocycles. The van der Waals surface area contributed by atoms with Crippen LogP contribution >= 0.6 is 0 Å². The van der Waals surface area contributed by atoms with E-state index in [9.17, 15) is 9.90 Å². The number of carbonyl (C=O) groups excluding carboxylic acids is 1. The maximum atomic E-state index is 11.0. The number of nitrogens with one attached hydrogen (secondary N) is 1. The first-order valence-corrected chi connectivity index (χ1v) is 6.58. The molecule has 0 unspecified atom stereocenters. The van der Waals surface area contributed by atoms with E-state index >= 15 is 0 Å². The van der Waals surface area contributed by atoms with Crippen molar-refractivity contribution in [3.8, 4) is 0 Å². The molecule has 0 spiro atoms. The second-order valence-corrected chi connectivity index (χ2v) is 5.61. The van der Waals surface area contributed by atoms with Gasteiger partial charge in [0.05, 0.1) is 18.3 Å². The summed E-state index contributed by atoms with van der Waals surface area (Å²) in [6.45, 7) is 3.34. The number of nitrogens with two attached hydrogens (primary N) is 1. The number of urea groups is 1. The van der Waals surface area contributed by atoms with Gasteiger partial charge in [-0.15, -0.1) is 5.10 Å². The average Bonchev–Trinajstić information content (AvgIpc) is 2.77. The lowest BCUT2D eigenvalue weighted by molar-refractivity contribution is 0.0736. The van der Waals surface area contributed by atoms with Gasteiger partial charge in [0.2, 0.25) is 0 Å². The second kappa shape index (κ2) is 5.16. The Hall–Kier alpha value is -1.63. The zero-order valence-corrected chi connectivity index (χ0v) is 11.3. The number of carbonyl (C=O) groups is 1. The lowest BCUT2D eigenvalue weighted by Crippen LogP contribution is -2.45. The highest BCUT2D eigenvalue weighted by molar-refractivity contribution is 5.72. The topological polar surface area (TPSA) is 106 Å². The van der Waals surface area contributed by atoms with Crippen molar-refractivity contribution >= 4 is 6.03 Å². The predicted octanol–water partition coefficient (Wildman–Crippen LogP) is 0.657. The van der Waals surface area contributed by atoms with Crippen LogP contribution in [-0.2, 0) is 5.60 Å². The number of rotatable bonds is 3. The van der Waals surface area contributed by atoms with E-state index in [-0.39, 0.29) is 12.1 Å². The first-order chi connectivity index (χ1) is 8.88. The molecule has 1 aromatic rings. The molecule has 2 rings (SSSR count). The summed E-state index contributed by atoms with van der Waals surface area (Å²) in [6.07, 6.45) is 5.68. The summed E-state index contributed by atoms with van der Waals surface area (Å²) in [5.41, 5.74) is 4.71. The molecule has 106 valence electrons. The minimum Gasteiger partial charge on any atom is -0.384 e. The minimum atomic E-state index is -1.01. The molecule has 19 heavy (non-hydrogen) atoms. The van der Waals surface area contributed by atoms with Crippen LogP contribution in [0.25, 0.3) is 0 Å². The molecule has 7 heteroatoms. The lowest BCUT2D eigenvalue weighted by atomic mass is 9.90. The molecule has 1 fully saturated rings. The molecule has 0 bridgehead atoms. The molecular weight excluding hydrogens is 246 g/mol. The summed E-state index contributed by atoms with van der Waals surface area (Å²) >= 11 is 0. The first-order valence-electron chi connectivity index (χ1n) is 6.58. The Morgan fingerprint density at radius 3 is 2.79 bits per heavy atom. The molecule has 4 N–H and O–H groups in total. The maximum Gasteiger partial charge on any atom is 0.312 e. The molecule has 0 saturated heterocycles. The van der Waals surface area contributed by atoms with E-state index in [1.54, 1.807) is 24.7 Å². The molecule has 1 heterocycles. The van der Waals surface area contributed by atoms with Crippen LogP contribution in [0.3, 0.4) is 0 Å². The van der Waals surface area contributed by atoms with Crippen molar-refractivity contribution in [3.63, 3.8) is 0 Å². The summed E-state index contributed by atoms with van der Waals surface area (Å²) in [5.74, 6) is 0. The van der Waals surface area contributed by atoms with E-state index in [0.717, 1.165) is 25.7 Å². The van der Waals surface area contributed by atoms with Crippen molar-refractivity contribution in [2.24, 2.45) is 5.73 Å². The Morgan fingerprint density at radius 2 is 2.21 bits per heavy atom. The van der Waals surface area contributed by atoms with Crippen molar-refractivity contribution in [1.82, 2.24) is 20.3 Å².